The summed E-state index contributed by atoms with van der Waals surface area (Å²) in [7, 11) is 0. The summed E-state index contributed by atoms with van der Waals surface area (Å²) in [6.07, 6.45) is -0.0724. The molecule has 0 bridgehead atoms. The number of carbonyl (C=O) groups is 2. The lowest BCUT2D eigenvalue weighted by atomic mass is 10.1. The van der Waals surface area contributed by atoms with Crippen LogP contribution in [0.1, 0.15) is 38.8 Å². The van der Waals surface area contributed by atoms with Gasteiger partial charge in [0.25, 0.3) is 0 Å². The second kappa shape index (κ2) is 6.19. The Hall–Kier alpha value is -1.84. The van der Waals surface area contributed by atoms with E-state index < -0.39 is 0 Å². The number of carbonyl (C=O) groups excluding carboxylic acids is 2. The van der Waals surface area contributed by atoms with E-state index in [0.717, 1.165) is 5.56 Å². The zero-order chi connectivity index (χ0) is 13.7. The minimum absolute atomic E-state index is 0.0724. The second-order valence-electron chi connectivity index (χ2n) is 4.33. The largest absolute Gasteiger partial charge is 0.508 e. The molecule has 1 aromatic carbocycles. The van der Waals surface area contributed by atoms with Gasteiger partial charge in [-0.3, -0.25) is 9.59 Å². The summed E-state index contributed by atoms with van der Waals surface area (Å²) in [4.78, 5) is 24.6. The summed E-state index contributed by atoms with van der Waals surface area (Å²) < 4.78 is 0. The maximum atomic E-state index is 11.9. The molecule has 0 spiro atoms. The van der Waals surface area contributed by atoms with Gasteiger partial charge in [0.2, 0.25) is 5.91 Å². The van der Waals surface area contributed by atoms with Crippen molar-refractivity contribution in [3.05, 3.63) is 29.8 Å². The number of amides is 1. The lowest BCUT2D eigenvalue weighted by Crippen LogP contribution is -2.34. The third-order valence-electron chi connectivity index (χ3n) is 2.88. The fraction of sp³-hybridized carbons (Fsp3) is 0.429. The Labute approximate surface area is 107 Å². The Bertz CT molecular complexity index is 442. The van der Waals surface area contributed by atoms with Gasteiger partial charge in [-0.1, -0.05) is 12.1 Å². The minimum Gasteiger partial charge on any atom is -0.508 e. The average molecular weight is 249 g/mol. The first kappa shape index (κ1) is 14.2. The van der Waals surface area contributed by atoms with Gasteiger partial charge in [0.1, 0.15) is 11.5 Å². The van der Waals surface area contributed by atoms with Crippen LogP contribution in [0.15, 0.2) is 24.3 Å². The maximum Gasteiger partial charge on any atom is 0.230 e. The summed E-state index contributed by atoms with van der Waals surface area (Å²) in [5.74, 6) is -0.142. The Morgan fingerprint density at radius 3 is 2.56 bits per heavy atom. The molecule has 1 rings (SSSR count). The van der Waals surface area contributed by atoms with Crippen LogP contribution in [0.3, 0.4) is 0 Å². The number of rotatable bonds is 5. The van der Waals surface area contributed by atoms with Crippen LogP contribution in [0, 0.1) is 0 Å². The van der Waals surface area contributed by atoms with Crippen molar-refractivity contribution in [3.8, 4) is 5.75 Å². The maximum absolute atomic E-state index is 11.9. The zero-order valence-electron chi connectivity index (χ0n) is 11.0. The number of aromatic hydroxyl groups is 1. The molecule has 0 radical (unpaired) electrons. The highest BCUT2D eigenvalue weighted by molar-refractivity contribution is 5.96. The van der Waals surface area contributed by atoms with Crippen LogP contribution in [0.5, 0.6) is 5.75 Å². The van der Waals surface area contributed by atoms with Gasteiger partial charge in [-0.25, -0.2) is 0 Å². The first-order valence-electron chi connectivity index (χ1n) is 6.03. The second-order valence-corrected chi connectivity index (χ2v) is 4.33. The van der Waals surface area contributed by atoms with E-state index in [1.807, 2.05) is 19.9 Å². The van der Waals surface area contributed by atoms with Crippen LogP contribution in [-0.2, 0) is 9.59 Å². The van der Waals surface area contributed by atoms with E-state index in [4.69, 9.17) is 0 Å². The molecule has 1 amide bonds. The standard InChI is InChI=1S/C14H19NO3/c1-4-15(14(18)8-10(2)16)11(3)12-6-5-7-13(17)9-12/h5-7,9,11,17H,4,8H2,1-3H3. The third-order valence-corrected chi connectivity index (χ3v) is 2.88. The van der Waals surface area contributed by atoms with Gasteiger partial charge in [-0.05, 0) is 38.5 Å². The van der Waals surface area contributed by atoms with E-state index in [1.54, 1.807) is 23.1 Å². The number of hydrogen-bond donors (Lipinski definition) is 1. The molecule has 1 unspecified atom stereocenters. The van der Waals surface area contributed by atoms with Crippen molar-refractivity contribution in [1.82, 2.24) is 4.90 Å². The van der Waals surface area contributed by atoms with Gasteiger partial charge in [-0.15, -0.1) is 0 Å². The summed E-state index contributed by atoms with van der Waals surface area (Å²) in [6, 6.07) is 6.66. The molecule has 4 nitrogen and oxygen atoms in total. The van der Waals surface area contributed by atoms with Crippen molar-refractivity contribution in [2.45, 2.75) is 33.2 Å². The Morgan fingerprint density at radius 1 is 1.39 bits per heavy atom. The van der Waals surface area contributed by atoms with Crippen LogP contribution in [0.4, 0.5) is 0 Å². The molecule has 0 fully saturated rings. The monoisotopic (exact) mass is 249 g/mol. The SMILES string of the molecule is CCN(C(=O)CC(C)=O)C(C)c1cccc(O)c1. The molecular weight excluding hydrogens is 230 g/mol. The van der Waals surface area contributed by atoms with Crippen LogP contribution in [0.25, 0.3) is 0 Å². The topological polar surface area (TPSA) is 57.6 Å². The highest BCUT2D eigenvalue weighted by atomic mass is 16.3. The summed E-state index contributed by atoms with van der Waals surface area (Å²) >= 11 is 0. The molecule has 0 aliphatic rings. The molecule has 0 aliphatic heterocycles. The van der Waals surface area contributed by atoms with Crippen molar-refractivity contribution < 1.29 is 14.7 Å². The molecule has 0 aromatic heterocycles. The lowest BCUT2D eigenvalue weighted by molar-refractivity contribution is -0.136. The zero-order valence-corrected chi connectivity index (χ0v) is 11.0. The van der Waals surface area contributed by atoms with E-state index in [1.165, 1.54) is 6.92 Å². The van der Waals surface area contributed by atoms with Crippen LogP contribution >= 0.6 is 0 Å². The van der Waals surface area contributed by atoms with Gasteiger partial charge in [0, 0.05) is 6.54 Å². The van der Waals surface area contributed by atoms with Crippen molar-refractivity contribution in [2.24, 2.45) is 0 Å². The third kappa shape index (κ3) is 3.58. The molecule has 98 valence electrons. The van der Waals surface area contributed by atoms with Gasteiger partial charge in [0.05, 0.1) is 12.5 Å². The molecule has 1 atom stereocenters. The highest BCUT2D eigenvalue weighted by Gasteiger charge is 2.20. The summed E-state index contributed by atoms with van der Waals surface area (Å²) in [5.41, 5.74) is 0.855. The van der Waals surface area contributed by atoms with Crippen molar-refractivity contribution in [2.75, 3.05) is 6.54 Å². The number of phenols is 1. The number of phenolic OH excluding ortho intramolecular Hbond substituents is 1. The van der Waals surface area contributed by atoms with Gasteiger partial charge < -0.3 is 10.0 Å². The number of ketones is 1. The Kier molecular flexibility index (Phi) is 4.89. The van der Waals surface area contributed by atoms with Crippen molar-refractivity contribution in [1.29, 1.82) is 0 Å². The molecule has 0 saturated heterocycles. The Morgan fingerprint density at radius 2 is 2.06 bits per heavy atom. The predicted octanol–water partition coefficient (Wildman–Crippen LogP) is 2.28. The van der Waals surface area contributed by atoms with E-state index in [9.17, 15) is 14.7 Å². The van der Waals surface area contributed by atoms with Crippen molar-refractivity contribution >= 4 is 11.7 Å². The number of hydrogen-bond acceptors (Lipinski definition) is 3. The number of benzene rings is 1. The molecule has 1 aromatic rings. The van der Waals surface area contributed by atoms with E-state index in [-0.39, 0.29) is 29.9 Å². The van der Waals surface area contributed by atoms with E-state index in [2.05, 4.69) is 0 Å². The van der Waals surface area contributed by atoms with Crippen LogP contribution in [0.2, 0.25) is 0 Å². The van der Waals surface area contributed by atoms with Gasteiger partial charge in [0.15, 0.2) is 0 Å². The normalized spacial score (nSPS) is 11.9. The molecule has 18 heavy (non-hydrogen) atoms. The van der Waals surface area contributed by atoms with Crippen LogP contribution < -0.4 is 0 Å². The van der Waals surface area contributed by atoms with Crippen molar-refractivity contribution in [3.63, 3.8) is 0 Å². The molecule has 0 saturated carbocycles. The molecule has 1 N–H and O–H groups in total. The molecular formula is C14H19NO3. The first-order chi connectivity index (χ1) is 8.45. The van der Waals surface area contributed by atoms with Gasteiger partial charge in [-0.2, -0.15) is 0 Å². The smallest absolute Gasteiger partial charge is 0.230 e. The van der Waals surface area contributed by atoms with Gasteiger partial charge >= 0.3 is 0 Å². The van der Waals surface area contributed by atoms with E-state index in [0.29, 0.717) is 6.54 Å². The fourth-order valence-corrected chi connectivity index (χ4v) is 1.95. The molecule has 0 heterocycles. The predicted molar refractivity (Wildman–Crippen MR) is 69.2 cm³/mol. The number of Topliss-reactive ketones (excluding diaryl/α,β-unsaturated/α-hetero) is 1. The summed E-state index contributed by atoms with van der Waals surface area (Å²) in [5, 5.41) is 9.44. The lowest BCUT2D eigenvalue weighted by Gasteiger charge is -2.28. The molecule has 0 aliphatic carbocycles. The fourth-order valence-electron chi connectivity index (χ4n) is 1.95. The van der Waals surface area contributed by atoms with Crippen LogP contribution in [-0.4, -0.2) is 28.2 Å². The molecule has 4 heteroatoms. The average Bonchev–Trinajstić information content (AvgIpc) is 2.28. The first-order valence-corrected chi connectivity index (χ1v) is 6.03. The minimum atomic E-state index is -0.180. The highest BCUT2D eigenvalue weighted by Crippen LogP contribution is 2.23. The quantitative estimate of drug-likeness (QED) is 0.814. The van der Waals surface area contributed by atoms with E-state index >= 15 is 0 Å². The summed E-state index contributed by atoms with van der Waals surface area (Å²) in [6.45, 7) is 5.70. The number of nitrogens with zero attached hydrogens (tertiary/aromatic N) is 1. The Balaban J connectivity index is 2.88.